The number of fused-ring (bicyclic) bond motifs is 1. The lowest BCUT2D eigenvalue weighted by Crippen LogP contribution is -2.28. The molecule has 0 radical (unpaired) electrons. The number of amides is 1. The van der Waals surface area contributed by atoms with Gasteiger partial charge >= 0.3 is 5.63 Å². The fourth-order valence-electron chi connectivity index (χ4n) is 3.09. The fraction of sp³-hybridized carbons (Fsp3) is 0.273. The van der Waals surface area contributed by atoms with Crippen molar-refractivity contribution < 1.29 is 13.9 Å². The first-order valence-electron chi connectivity index (χ1n) is 9.09. The molecule has 28 heavy (non-hydrogen) atoms. The molecule has 6 nitrogen and oxygen atoms in total. The largest absolute Gasteiger partial charge is 0.496 e. The molecule has 1 aromatic heterocycles. The van der Waals surface area contributed by atoms with Crippen molar-refractivity contribution in [2.75, 3.05) is 12.4 Å². The van der Waals surface area contributed by atoms with Gasteiger partial charge in [0.1, 0.15) is 16.9 Å². The average Bonchev–Trinajstić information content (AvgIpc) is 2.66. The second kappa shape index (κ2) is 7.48. The second-order valence-corrected chi connectivity index (χ2v) is 7.22. The summed E-state index contributed by atoms with van der Waals surface area (Å²) < 4.78 is 10.8. The maximum absolute atomic E-state index is 12.6. The van der Waals surface area contributed by atoms with Crippen molar-refractivity contribution >= 4 is 22.6 Å². The third-order valence-electron chi connectivity index (χ3n) is 4.67. The van der Waals surface area contributed by atoms with Gasteiger partial charge in [0, 0.05) is 22.2 Å². The van der Waals surface area contributed by atoms with Crippen LogP contribution in [0.25, 0.3) is 11.0 Å². The minimum absolute atomic E-state index is 0.0528. The van der Waals surface area contributed by atoms with Gasteiger partial charge in [-0.05, 0) is 56.2 Å². The Morgan fingerprint density at radius 1 is 1.18 bits per heavy atom. The van der Waals surface area contributed by atoms with Crippen molar-refractivity contribution in [2.24, 2.45) is 5.73 Å². The van der Waals surface area contributed by atoms with Gasteiger partial charge < -0.3 is 20.2 Å². The molecule has 0 aliphatic heterocycles. The summed E-state index contributed by atoms with van der Waals surface area (Å²) in [6, 6.07) is 12.3. The zero-order valence-corrected chi connectivity index (χ0v) is 16.5. The summed E-state index contributed by atoms with van der Waals surface area (Å²) in [4.78, 5) is 25.1. The number of anilines is 1. The molecule has 3 aromatic rings. The van der Waals surface area contributed by atoms with Crippen LogP contribution >= 0.6 is 0 Å². The predicted molar refractivity (Wildman–Crippen MR) is 110 cm³/mol. The van der Waals surface area contributed by atoms with Crippen LogP contribution in [-0.2, 0) is 12.0 Å². The maximum Gasteiger partial charge on any atom is 0.349 e. The van der Waals surface area contributed by atoms with E-state index < -0.39 is 17.1 Å². The monoisotopic (exact) mass is 380 g/mol. The lowest BCUT2D eigenvalue weighted by molar-refractivity contribution is 0.102. The summed E-state index contributed by atoms with van der Waals surface area (Å²) in [6.45, 7) is 5.76. The van der Waals surface area contributed by atoms with Crippen LogP contribution in [0.2, 0.25) is 0 Å². The number of nitrogens with two attached hydrogens (primary N) is 1. The Morgan fingerprint density at radius 2 is 1.86 bits per heavy atom. The van der Waals surface area contributed by atoms with E-state index in [0.29, 0.717) is 28.8 Å². The first kappa shape index (κ1) is 19.6. The molecule has 0 fully saturated rings. The summed E-state index contributed by atoms with van der Waals surface area (Å²) in [6.07, 6.45) is 0.638. The second-order valence-electron chi connectivity index (χ2n) is 7.22. The highest BCUT2D eigenvalue weighted by atomic mass is 16.5. The van der Waals surface area contributed by atoms with Crippen LogP contribution in [0.5, 0.6) is 5.75 Å². The van der Waals surface area contributed by atoms with Crippen LogP contribution in [0.15, 0.2) is 51.7 Å². The van der Waals surface area contributed by atoms with Gasteiger partial charge in [0.2, 0.25) is 0 Å². The van der Waals surface area contributed by atoms with Gasteiger partial charge in [-0.25, -0.2) is 4.79 Å². The van der Waals surface area contributed by atoms with Crippen molar-refractivity contribution in [1.82, 2.24) is 0 Å². The molecule has 3 rings (SSSR count). The van der Waals surface area contributed by atoms with E-state index >= 15 is 0 Å². The number of methoxy groups -OCH3 is 1. The Hall–Kier alpha value is -3.12. The van der Waals surface area contributed by atoms with Crippen LogP contribution in [0.3, 0.4) is 0 Å². The van der Waals surface area contributed by atoms with Crippen molar-refractivity contribution in [1.29, 1.82) is 0 Å². The van der Waals surface area contributed by atoms with Crippen molar-refractivity contribution in [3.63, 3.8) is 0 Å². The van der Waals surface area contributed by atoms with Crippen LogP contribution in [0, 0.1) is 0 Å². The standard InChI is InChI=1S/C22H24N2O4/c1-5-16-18(27-4)11-6-13-12-17(21(26)28-19(13)16)20(25)24-15-9-7-14(8-10-15)22(2,3)23/h6-12H,5,23H2,1-4H3,(H,24,25). The number of hydrogen-bond acceptors (Lipinski definition) is 5. The normalized spacial score (nSPS) is 11.5. The van der Waals surface area contributed by atoms with Crippen LogP contribution < -0.4 is 21.4 Å². The van der Waals surface area contributed by atoms with Crippen LogP contribution in [0.4, 0.5) is 5.69 Å². The Balaban J connectivity index is 1.94. The summed E-state index contributed by atoms with van der Waals surface area (Å²) in [5.41, 5.74) is 7.60. The molecule has 0 spiro atoms. The molecular weight excluding hydrogens is 356 g/mol. The highest BCUT2D eigenvalue weighted by Gasteiger charge is 2.18. The van der Waals surface area contributed by atoms with Crippen LogP contribution in [0.1, 0.15) is 42.3 Å². The van der Waals surface area contributed by atoms with E-state index in [1.165, 1.54) is 0 Å². The highest BCUT2D eigenvalue weighted by Crippen LogP contribution is 2.28. The zero-order chi connectivity index (χ0) is 20.5. The Labute approximate surface area is 163 Å². The first-order chi connectivity index (χ1) is 13.2. The summed E-state index contributed by atoms with van der Waals surface area (Å²) in [7, 11) is 1.57. The van der Waals surface area contributed by atoms with Gasteiger partial charge in [-0.3, -0.25) is 4.79 Å². The van der Waals surface area contributed by atoms with Gasteiger partial charge in [-0.1, -0.05) is 19.1 Å². The number of carbonyl (C=O) groups excluding carboxylic acids is 1. The molecule has 0 aliphatic carbocycles. The molecule has 0 unspecified atom stereocenters. The lowest BCUT2D eigenvalue weighted by atomic mass is 9.95. The Morgan fingerprint density at radius 3 is 2.43 bits per heavy atom. The number of hydrogen-bond donors (Lipinski definition) is 2. The average molecular weight is 380 g/mol. The van der Waals surface area contributed by atoms with Gasteiger partial charge in [-0.15, -0.1) is 0 Å². The van der Waals surface area contributed by atoms with Crippen LogP contribution in [-0.4, -0.2) is 13.0 Å². The molecule has 0 aliphatic rings. The summed E-state index contributed by atoms with van der Waals surface area (Å²) >= 11 is 0. The van der Waals surface area contributed by atoms with Gasteiger partial charge in [0.15, 0.2) is 0 Å². The first-order valence-corrected chi connectivity index (χ1v) is 9.09. The number of carbonyl (C=O) groups is 1. The molecule has 3 N–H and O–H groups in total. The summed E-state index contributed by atoms with van der Waals surface area (Å²) in [5.74, 6) is 0.127. The number of rotatable bonds is 5. The van der Waals surface area contributed by atoms with Crippen molar-refractivity contribution in [3.05, 3.63) is 69.6 Å². The topological polar surface area (TPSA) is 94.6 Å². The molecule has 2 aromatic carbocycles. The van der Waals surface area contributed by atoms with Gasteiger partial charge in [0.05, 0.1) is 7.11 Å². The predicted octanol–water partition coefficient (Wildman–Crippen LogP) is 3.81. The van der Waals surface area contributed by atoms with Crippen molar-refractivity contribution in [2.45, 2.75) is 32.7 Å². The SMILES string of the molecule is CCc1c(OC)ccc2cc(C(=O)Nc3ccc(C(C)(C)N)cc3)c(=O)oc12. The van der Waals surface area contributed by atoms with E-state index in [0.717, 1.165) is 11.1 Å². The smallest absolute Gasteiger partial charge is 0.349 e. The molecule has 1 heterocycles. The molecule has 0 saturated heterocycles. The number of benzene rings is 2. The molecule has 0 bridgehead atoms. The molecular formula is C22H24N2O4. The minimum Gasteiger partial charge on any atom is -0.496 e. The zero-order valence-electron chi connectivity index (χ0n) is 16.5. The fourth-order valence-corrected chi connectivity index (χ4v) is 3.09. The molecule has 0 atom stereocenters. The van der Waals surface area contributed by atoms with E-state index in [1.54, 1.807) is 37.4 Å². The van der Waals surface area contributed by atoms with E-state index in [9.17, 15) is 9.59 Å². The third-order valence-corrected chi connectivity index (χ3v) is 4.67. The number of ether oxygens (including phenoxy) is 1. The van der Waals surface area contributed by atoms with E-state index in [2.05, 4.69) is 5.32 Å². The van der Waals surface area contributed by atoms with Gasteiger partial charge in [0.25, 0.3) is 5.91 Å². The molecule has 146 valence electrons. The van der Waals surface area contributed by atoms with E-state index in [4.69, 9.17) is 14.9 Å². The number of nitrogens with one attached hydrogen (secondary N) is 1. The quantitative estimate of drug-likeness (QED) is 0.657. The molecule has 6 heteroatoms. The van der Waals surface area contributed by atoms with Crippen molar-refractivity contribution in [3.8, 4) is 5.75 Å². The molecule has 1 amide bonds. The number of aryl methyl sites for hydroxylation is 1. The molecule has 0 saturated carbocycles. The third kappa shape index (κ3) is 3.77. The highest BCUT2D eigenvalue weighted by molar-refractivity contribution is 6.05. The minimum atomic E-state index is -0.687. The Bertz CT molecular complexity index is 1080. The Kier molecular flexibility index (Phi) is 5.25. The summed E-state index contributed by atoms with van der Waals surface area (Å²) in [5, 5.41) is 3.40. The maximum atomic E-state index is 12.6. The van der Waals surface area contributed by atoms with E-state index in [-0.39, 0.29) is 5.56 Å². The van der Waals surface area contributed by atoms with Gasteiger partial charge in [-0.2, -0.15) is 0 Å². The van der Waals surface area contributed by atoms with E-state index in [1.807, 2.05) is 32.9 Å². The lowest BCUT2D eigenvalue weighted by Gasteiger charge is -2.19.